The van der Waals surface area contributed by atoms with Crippen LogP contribution in [0.3, 0.4) is 0 Å². The molecule has 1 aliphatic heterocycles. The van der Waals surface area contributed by atoms with E-state index in [-0.39, 0.29) is 16.7 Å². The number of rotatable bonds is 5. The first-order chi connectivity index (χ1) is 14.1. The fraction of sp³-hybridized carbons (Fsp3) is 0.364. The molecule has 6 nitrogen and oxygen atoms in total. The van der Waals surface area contributed by atoms with Crippen molar-refractivity contribution in [3.8, 4) is 0 Å². The summed E-state index contributed by atoms with van der Waals surface area (Å²) in [6.45, 7) is 4.25. The molecule has 3 rings (SSSR count). The molecule has 0 bridgehead atoms. The van der Waals surface area contributed by atoms with Crippen LogP contribution in [0, 0.1) is 5.92 Å². The van der Waals surface area contributed by atoms with Gasteiger partial charge in [-0.3, -0.25) is 9.59 Å². The number of carbonyl (C=O) groups excluding carboxylic acids is 2. The molecule has 1 N–H and O–H groups in total. The van der Waals surface area contributed by atoms with Crippen LogP contribution in [0.2, 0.25) is 5.02 Å². The molecule has 0 fully saturated rings. The van der Waals surface area contributed by atoms with Crippen molar-refractivity contribution in [3.63, 3.8) is 0 Å². The Balaban J connectivity index is 1.89. The predicted molar refractivity (Wildman–Crippen MR) is 118 cm³/mol. The van der Waals surface area contributed by atoms with Crippen LogP contribution < -0.4 is 10.2 Å². The van der Waals surface area contributed by atoms with E-state index >= 15 is 0 Å². The molecule has 0 aliphatic carbocycles. The van der Waals surface area contributed by atoms with E-state index in [4.69, 9.17) is 11.6 Å². The van der Waals surface area contributed by atoms with Gasteiger partial charge >= 0.3 is 0 Å². The molecule has 1 aliphatic rings. The lowest BCUT2D eigenvalue weighted by Gasteiger charge is -2.34. The van der Waals surface area contributed by atoms with Crippen LogP contribution in [0.5, 0.6) is 0 Å². The van der Waals surface area contributed by atoms with E-state index in [1.165, 1.54) is 12.3 Å². The van der Waals surface area contributed by atoms with E-state index in [0.29, 0.717) is 29.2 Å². The normalized spacial score (nSPS) is 14.9. The highest BCUT2D eigenvalue weighted by Gasteiger charge is 2.32. The third kappa shape index (κ3) is 4.68. The Morgan fingerprint density at radius 1 is 1.13 bits per heavy atom. The largest absolute Gasteiger partial charge is 0.340 e. The summed E-state index contributed by atoms with van der Waals surface area (Å²) in [6.07, 6.45) is 2.58. The van der Waals surface area contributed by atoms with E-state index in [9.17, 15) is 18.0 Å². The number of fused-ring (bicyclic) bond motifs is 1. The molecule has 160 valence electrons. The average molecular weight is 449 g/mol. The monoisotopic (exact) mass is 448 g/mol. The molecule has 2 amide bonds. The predicted octanol–water partition coefficient (Wildman–Crippen LogP) is 3.48. The Morgan fingerprint density at radius 3 is 2.47 bits per heavy atom. The second kappa shape index (κ2) is 8.78. The highest BCUT2D eigenvalue weighted by molar-refractivity contribution is 7.90. The van der Waals surface area contributed by atoms with Crippen molar-refractivity contribution in [1.29, 1.82) is 0 Å². The standard InChI is InChI=1S/C22H25ClN2O4S/c1-14(2)20(24-21(26)17-8-4-5-9-18(17)23)22(27)25-12-6-7-15-13-16(30(3,28)29)10-11-19(15)25/h4-5,8-11,13-14,20H,6-7,12H2,1-3H3,(H,24,26). The van der Waals surface area contributed by atoms with E-state index in [1.807, 2.05) is 13.8 Å². The number of anilines is 1. The average Bonchev–Trinajstić information content (AvgIpc) is 2.70. The molecule has 0 radical (unpaired) electrons. The quantitative estimate of drug-likeness (QED) is 0.759. The summed E-state index contributed by atoms with van der Waals surface area (Å²) in [5.74, 6) is -0.777. The van der Waals surface area contributed by atoms with Crippen LogP contribution in [-0.4, -0.2) is 39.1 Å². The molecule has 8 heteroatoms. The third-order valence-electron chi connectivity index (χ3n) is 5.20. The van der Waals surface area contributed by atoms with Crippen molar-refractivity contribution in [2.75, 3.05) is 17.7 Å². The highest BCUT2D eigenvalue weighted by atomic mass is 35.5. The summed E-state index contributed by atoms with van der Waals surface area (Å²) in [5, 5.41) is 3.15. The first-order valence-electron chi connectivity index (χ1n) is 9.79. The van der Waals surface area contributed by atoms with E-state index < -0.39 is 21.8 Å². The van der Waals surface area contributed by atoms with Crippen LogP contribution in [0.25, 0.3) is 0 Å². The van der Waals surface area contributed by atoms with Gasteiger partial charge in [-0.2, -0.15) is 0 Å². The molecule has 0 spiro atoms. The van der Waals surface area contributed by atoms with Gasteiger partial charge in [-0.15, -0.1) is 0 Å². The molecule has 1 heterocycles. The molecule has 30 heavy (non-hydrogen) atoms. The van der Waals surface area contributed by atoms with Gasteiger partial charge in [0.1, 0.15) is 6.04 Å². The number of benzene rings is 2. The number of nitrogens with one attached hydrogen (secondary N) is 1. The number of amides is 2. The number of nitrogens with zero attached hydrogens (tertiary/aromatic N) is 1. The van der Waals surface area contributed by atoms with Crippen molar-refractivity contribution < 1.29 is 18.0 Å². The Hall–Kier alpha value is -2.38. The highest BCUT2D eigenvalue weighted by Crippen LogP contribution is 2.30. The topological polar surface area (TPSA) is 83.6 Å². The molecule has 2 aromatic rings. The zero-order chi connectivity index (χ0) is 22.1. The Morgan fingerprint density at radius 2 is 1.83 bits per heavy atom. The lowest BCUT2D eigenvalue weighted by atomic mass is 9.97. The van der Waals surface area contributed by atoms with Crippen molar-refractivity contribution in [3.05, 3.63) is 58.6 Å². The molecule has 0 aromatic heterocycles. The van der Waals surface area contributed by atoms with Crippen molar-refractivity contribution >= 4 is 38.9 Å². The van der Waals surface area contributed by atoms with Crippen LogP contribution in [0.1, 0.15) is 36.2 Å². The van der Waals surface area contributed by atoms with Crippen molar-refractivity contribution in [2.45, 2.75) is 37.6 Å². The Bertz CT molecular complexity index is 1080. The maximum Gasteiger partial charge on any atom is 0.253 e. The van der Waals surface area contributed by atoms with Gasteiger partial charge in [0.25, 0.3) is 5.91 Å². The summed E-state index contributed by atoms with van der Waals surface area (Å²) >= 11 is 6.12. The van der Waals surface area contributed by atoms with Crippen LogP contribution >= 0.6 is 11.6 Å². The number of hydrogen-bond donors (Lipinski definition) is 1. The first kappa shape index (κ1) is 22.3. The van der Waals surface area contributed by atoms with Gasteiger partial charge in [0.05, 0.1) is 15.5 Å². The number of sulfone groups is 1. The zero-order valence-corrected chi connectivity index (χ0v) is 18.8. The summed E-state index contributed by atoms with van der Waals surface area (Å²) in [7, 11) is -3.33. The van der Waals surface area contributed by atoms with Gasteiger partial charge in [0.2, 0.25) is 5.91 Å². The van der Waals surface area contributed by atoms with Gasteiger partial charge in [-0.05, 0) is 54.7 Å². The molecule has 2 aromatic carbocycles. The van der Waals surface area contributed by atoms with Crippen molar-refractivity contribution in [2.24, 2.45) is 5.92 Å². The van der Waals surface area contributed by atoms with E-state index in [2.05, 4.69) is 5.32 Å². The van der Waals surface area contributed by atoms with Gasteiger partial charge in [-0.25, -0.2) is 8.42 Å². The van der Waals surface area contributed by atoms with Gasteiger partial charge in [0, 0.05) is 18.5 Å². The number of hydrogen-bond acceptors (Lipinski definition) is 4. The Labute approximate surface area is 182 Å². The fourth-order valence-electron chi connectivity index (χ4n) is 3.58. The van der Waals surface area contributed by atoms with Crippen molar-refractivity contribution in [1.82, 2.24) is 5.32 Å². The molecule has 0 saturated heterocycles. The Kier molecular flexibility index (Phi) is 6.53. The maximum absolute atomic E-state index is 13.4. The van der Waals surface area contributed by atoms with Gasteiger partial charge in [0.15, 0.2) is 9.84 Å². The summed E-state index contributed by atoms with van der Waals surface area (Å²) < 4.78 is 23.8. The number of halogens is 1. The molecular weight excluding hydrogens is 424 g/mol. The summed E-state index contributed by atoms with van der Waals surface area (Å²) in [6, 6.07) is 10.8. The second-order valence-electron chi connectivity index (χ2n) is 7.83. The number of aryl methyl sites for hydroxylation is 1. The minimum absolute atomic E-state index is 0.149. The molecule has 0 saturated carbocycles. The van der Waals surface area contributed by atoms with Crippen LogP contribution in [0.4, 0.5) is 5.69 Å². The van der Waals surface area contributed by atoms with E-state index in [1.54, 1.807) is 41.3 Å². The number of carbonyl (C=O) groups is 2. The zero-order valence-electron chi connectivity index (χ0n) is 17.2. The first-order valence-corrected chi connectivity index (χ1v) is 12.1. The minimum atomic E-state index is -3.33. The van der Waals surface area contributed by atoms with Gasteiger partial charge < -0.3 is 10.2 Å². The lowest BCUT2D eigenvalue weighted by Crippen LogP contribution is -2.52. The molecule has 1 atom stereocenters. The summed E-state index contributed by atoms with van der Waals surface area (Å²) in [4.78, 5) is 28.0. The van der Waals surface area contributed by atoms with Gasteiger partial charge in [-0.1, -0.05) is 37.6 Å². The fourth-order valence-corrected chi connectivity index (χ4v) is 4.47. The van der Waals surface area contributed by atoms with E-state index in [0.717, 1.165) is 12.0 Å². The minimum Gasteiger partial charge on any atom is -0.340 e. The third-order valence-corrected chi connectivity index (χ3v) is 6.64. The lowest BCUT2D eigenvalue weighted by molar-refractivity contribution is -0.121. The smallest absolute Gasteiger partial charge is 0.253 e. The van der Waals surface area contributed by atoms with Crippen LogP contribution in [0.15, 0.2) is 47.4 Å². The molecular formula is C22H25ClN2O4S. The summed E-state index contributed by atoms with van der Waals surface area (Å²) in [5.41, 5.74) is 1.82. The second-order valence-corrected chi connectivity index (χ2v) is 10.3. The maximum atomic E-state index is 13.4. The SMILES string of the molecule is CC(C)C(NC(=O)c1ccccc1Cl)C(=O)N1CCCc2cc(S(C)(=O)=O)ccc21. The van der Waals surface area contributed by atoms with Crippen LogP contribution in [-0.2, 0) is 21.1 Å². The molecule has 1 unspecified atom stereocenters.